The molecule has 0 spiro atoms. The normalized spacial score (nSPS) is 27.0. The van der Waals surface area contributed by atoms with Crippen LogP contribution in [0, 0.1) is 5.41 Å². The van der Waals surface area contributed by atoms with Crippen molar-refractivity contribution in [3.63, 3.8) is 0 Å². The smallest absolute Gasteiger partial charge is 0.231 e. The van der Waals surface area contributed by atoms with Crippen LogP contribution in [0.3, 0.4) is 0 Å². The summed E-state index contributed by atoms with van der Waals surface area (Å²) in [6.07, 6.45) is 0.439. The molecule has 2 fully saturated rings. The molecule has 3 rings (SSSR count). The Kier molecular flexibility index (Phi) is 4.62. The van der Waals surface area contributed by atoms with Crippen LogP contribution in [0.1, 0.15) is 18.9 Å². The van der Waals surface area contributed by atoms with E-state index in [0.717, 1.165) is 5.56 Å². The molecule has 1 aromatic rings. The summed E-state index contributed by atoms with van der Waals surface area (Å²) in [5.41, 5.74) is 0.0110. The minimum Gasteiger partial charge on any atom is -0.339 e. The molecule has 1 aromatic carbocycles. The number of alkyl halides is 2. The molecule has 1 aliphatic heterocycles. The summed E-state index contributed by atoms with van der Waals surface area (Å²) < 4.78 is 25.5. The molecule has 1 atom stereocenters. The highest BCUT2D eigenvalue weighted by Gasteiger charge is 2.68. The average molecular weight is 391 g/mol. The van der Waals surface area contributed by atoms with E-state index in [9.17, 15) is 13.2 Å². The molecule has 0 radical (unpaired) electrons. The molecule has 1 amide bonds. The lowest BCUT2D eigenvalue weighted by molar-refractivity contribution is -0.137. The zero-order valence-electron chi connectivity index (χ0n) is 13.4. The largest absolute Gasteiger partial charge is 0.339 e. The third-order valence-corrected chi connectivity index (χ3v) is 7.79. The van der Waals surface area contributed by atoms with Crippen molar-refractivity contribution in [3.8, 4) is 0 Å². The number of benzene rings is 1. The molecule has 8 heteroatoms. The van der Waals surface area contributed by atoms with Crippen molar-refractivity contribution in [2.45, 2.75) is 23.4 Å². The predicted octanol–water partition coefficient (Wildman–Crippen LogP) is 2.24. The number of hydrogen-bond donors (Lipinski definition) is 0. The molecule has 0 unspecified atom stereocenters. The van der Waals surface area contributed by atoms with Crippen LogP contribution in [-0.2, 0) is 20.6 Å². The van der Waals surface area contributed by atoms with Gasteiger partial charge in [0.05, 0.1) is 11.2 Å². The molecule has 24 heavy (non-hydrogen) atoms. The van der Waals surface area contributed by atoms with E-state index in [2.05, 4.69) is 0 Å². The van der Waals surface area contributed by atoms with Gasteiger partial charge in [-0.25, -0.2) is 8.42 Å². The maximum absolute atomic E-state index is 12.5. The van der Waals surface area contributed by atoms with E-state index in [1.807, 2.05) is 18.2 Å². The lowest BCUT2D eigenvalue weighted by atomic mass is 10.1. The van der Waals surface area contributed by atoms with Crippen LogP contribution in [0.4, 0.5) is 0 Å². The summed E-state index contributed by atoms with van der Waals surface area (Å²) in [5, 5.41) is 0. The number of rotatable bonds is 4. The van der Waals surface area contributed by atoms with Crippen LogP contribution in [0.15, 0.2) is 30.3 Å². The monoisotopic (exact) mass is 390 g/mol. The zero-order chi connectivity index (χ0) is 17.6. The lowest BCUT2D eigenvalue weighted by Gasteiger charge is -2.35. The molecule has 132 valence electrons. The predicted molar refractivity (Wildman–Crippen MR) is 94.4 cm³/mol. The standard InChI is InChI=1S/C16H20Cl2N2O3S/c1-15(12-16(15,17)18)14(21)19-7-9-20(10-8-19)24(22,23)11-13-5-3-2-4-6-13/h2-6H,7-12H2,1H3/t15-/m1/s1. The highest BCUT2D eigenvalue weighted by molar-refractivity contribution is 7.88. The summed E-state index contributed by atoms with van der Waals surface area (Å²) in [6.45, 7) is 3.09. The number of hydrogen-bond acceptors (Lipinski definition) is 3. The number of amides is 1. The second-order valence-electron chi connectivity index (χ2n) is 6.65. The Morgan fingerprint density at radius 1 is 1.12 bits per heavy atom. The molecule has 0 bridgehead atoms. The number of carbonyl (C=O) groups is 1. The van der Waals surface area contributed by atoms with E-state index in [1.165, 1.54) is 4.31 Å². The topological polar surface area (TPSA) is 57.7 Å². The maximum atomic E-state index is 12.5. The Morgan fingerprint density at radius 2 is 1.67 bits per heavy atom. The van der Waals surface area contributed by atoms with Crippen molar-refractivity contribution in [2.75, 3.05) is 26.2 Å². The van der Waals surface area contributed by atoms with E-state index in [1.54, 1.807) is 24.0 Å². The molecule has 5 nitrogen and oxygen atoms in total. The van der Waals surface area contributed by atoms with E-state index in [4.69, 9.17) is 23.2 Å². The van der Waals surface area contributed by atoms with Crippen molar-refractivity contribution in [1.29, 1.82) is 0 Å². The maximum Gasteiger partial charge on any atom is 0.231 e. The van der Waals surface area contributed by atoms with Crippen LogP contribution in [0.5, 0.6) is 0 Å². The number of halogens is 2. The molecule has 1 heterocycles. The van der Waals surface area contributed by atoms with Crippen LogP contribution in [0.25, 0.3) is 0 Å². The third-order valence-electron chi connectivity index (χ3n) is 4.84. The quantitative estimate of drug-likeness (QED) is 0.740. The summed E-state index contributed by atoms with van der Waals surface area (Å²) >= 11 is 12.1. The molecule has 2 aliphatic rings. The van der Waals surface area contributed by atoms with E-state index < -0.39 is 19.8 Å². The van der Waals surface area contributed by atoms with E-state index in [-0.39, 0.29) is 11.7 Å². The van der Waals surface area contributed by atoms with Crippen LogP contribution < -0.4 is 0 Å². The first-order chi connectivity index (χ1) is 11.2. The second kappa shape index (κ2) is 6.16. The molecule has 1 saturated heterocycles. The summed E-state index contributed by atoms with van der Waals surface area (Å²) in [4.78, 5) is 14.2. The van der Waals surface area contributed by atoms with E-state index >= 15 is 0 Å². The number of nitrogens with zero attached hydrogens (tertiary/aromatic N) is 2. The number of piperazine rings is 1. The molecule has 1 saturated carbocycles. The van der Waals surface area contributed by atoms with Crippen LogP contribution in [0.2, 0.25) is 0 Å². The van der Waals surface area contributed by atoms with Gasteiger partial charge in [-0.1, -0.05) is 30.3 Å². The first-order valence-corrected chi connectivity index (χ1v) is 10.2. The number of carbonyl (C=O) groups excluding carboxylic acids is 1. The molecular formula is C16H20Cl2N2O3S. The fraction of sp³-hybridized carbons (Fsp3) is 0.562. The molecule has 0 N–H and O–H groups in total. The Bertz CT molecular complexity index is 731. The van der Waals surface area contributed by atoms with Crippen molar-refractivity contribution in [1.82, 2.24) is 9.21 Å². The van der Waals surface area contributed by atoms with Crippen molar-refractivity contribution >= 4 is 39.1 Å². The molecule has 1 aliphatic carbocycles. The minimum absolute atomic E-state index is 0.0219. The van der Waals surface area contributed by atoms with E-state index in [0.29, 0.717) is 32.6 Å². The van der Waals surface area contributed by atoms with Gasteiger partial charge in [0.2, 0.25) is 15.9 Å². The molecule has 0 aromatic heterocycles. The Hall–Kier alpha value is -0.820. The van der Waals surface area contributed by atoms with Gasteiger partial charge in [0.25, 0.3) is 0 Å². The SMILES string of the molecule is C[C@]1(C(=O)N2CCN(S(=O)(=O)Cc3ccccc3)CC2)CC1(Cl)Cl. The Balaban J connectivity index is 1.60. The van der Waals surface area contributed by atoms with Gasteiger partial charge in [-0.15, -0.1) is 23.2 Å². The van der Waals surface area contributed by atoms with Gasteiger partial charge in [-0.3, -0.25) is 4.79 Å². The van der Waals surface area contributed by atoms with Crippen LogP contribution >= 0.6 is 23.2 Å². The first-order valence-electron chi connectivity index (χ1n) is 7.85. The van der Waals surface area contributed by atoms with Crippen molar-refractivity contribution in [3.05, 3.63) is 35.9 Å². The fourth-order valence-corrected chi connectivity index (χ4v) is 5.24. The van der Waals surface area contributed by atoms with Gasteiger partial charge in [0.1, 0.15) is 4.33 Å². The highest BCUT2D eigenvalue weighted by Crippen LogP contribution is 2.64. The lowest BCUT2D eigenvalue weighted by Crippen LogP contribution is -2.52. The minimum atomic E-state index is -3.38. The van der Waals surface area contributed by atoms with Crippen molar-refractivity contribution in [2.24, 2.45) is 5.41 Å². The van der Waals surface area contributed by atoms with Gasteiger partial charge in [0.15, 0.2) is 0 Å². The third kappa shape index (κ3) is 3.29. The van der Waals surface area contributed by atoms with Crippen molar-refractivity contribution < 1.29 is 13.2 Å². The molecular weight excluding hydrogens is 371 g/mol. The highest BCUT2D eigenvalue weighted by atomic mass is 35.5. The van der Waals surface area contributed by atoms with Crippen LogP contribution in [-0.4, -0.2) is 54.0 Å². The zero-order valence-corrected chi connectivity index (χ0v) is 15.7. The van der Waals surface area contributed by atoms with Gasteiger partial charge in [0, 0.05) is 26.2 Å². The number of sulfonamides is 1. The summed E-state index contributed by atoms with van der Waals surface area (Å²) in [7, 11) is -3.38. The summed E-state index contributed by atoms with van der Waals surface area (Å²) in [5.74, 6) is -0.112. The fourth-order valence-electron chi connectivity index (χ4n) is 3.03. The summed E-state index contributed by atoms with van der Waals surface area (Å²) in [6, 6.07) is 9.09. The van der Waals surface area contributed by atoms with Gasteiger partial charge >= 0.3 is 0 Å². The van der Waals surface area contributed by atoms with Gasteiger partial charge in [-0.2, -0.15) is 4.31 Å². The second-order valence-corrected chi connectivity index (χ2v) is 10.1. The average Bonchev–Trinajstić information content (AvgIpc) is 3.07. The van der Waals surface area contributed by atoms with Gasteiger partial charge < -0.3 is 4.90 Å². The Labute approximate surface area is 152 Å². The first kappa shape index (κ1) is 18.0. The Morgan fingerprint density at radius 3 is 2.17 bits per heavy atom. The van der Waals surface area contributed by atoms with Gasteiger partial charge in [-0.05, 0) is 18.9 Å².